The van der Waals surface area contributed by atoms with E-state index >= 15 is 0 Å². The van der Waals surface area contributed by atoms with Gasteiger partial charge < -0.3 is 9.47 Å². The minimum Gasteiger partial charge on any atom is -0.341 e. The summed E-state index contributed by atoms with van der Waals surface area (Å²) in [5.41, 5.74) is 3.37. The Morgan fingerprint density at radius 2 is 1.96 bits per heavy atom. The van der Waals surface area contributed by atoms with Gasteiger partial charge in [0.2, 0.25) is 11.9 Å². The molecule has 6 heteroatoms. The van der Waals surface area contributed by atoms with E-state index in [4.69, 9.17) is 0 Å². The molecule has 4 rings (SSSR count). The SMILES string of the molecule is O=C(Cn1ccc2ncc(-c3ccc(F)nc3)cc21)N1CCC1. The lowest BCUT2D eigenvalue weighted by molar-refractivity contribution is -0.135. The molecule has 23 heavy (non-hydrogen) atoms. The van der Waals surface area contributed by atoms with E-state index in [-0.39, 0.29) is 5.91 Å². The first kappa shape index (κ1) is 13.9. The molecule has 0 aromatic carbocycles. The van der Waals surface area contributed by atoms with Gasteiger partial charge in [-0.1, -0.05) is 0 Å². The molecule has 3 aromatic rings. The number of fused-ring (bicyclic) bond motifs is 1. The molecule has 116 valence electrons. The number of amides is 1. The second-order valence-electron chi connectivity index (χ2n) is 5.68. The fourth-order valence-electron chi connectivity index (χ4n) is 2.72. The van der Waals surface area contributed by atoms with Gasteiger partial charge in [0.1, 0.15) is 6.54 Å². The van der Waals surface area contributed by atoms with Crippen molar-refractivity contribution in [1.82, 2.24) is 19.4 Å². The lowest BCUT2D eigenvalue weighted by Gasteiger charge is -2.31. The van der Waals surface area contributed by atoms with E-state index < -0.39 is 5.95 Å². The van der Waals surface area contributed by atoms with Crippen molar-refractivity contribution < 1.29 is 9.18 Å². The number of nitrogens with zero attached hydrogens (tertiary/aromatic N) is 4. The molecule has 0 aliphatic carbocycles. The summed E-state index contributed by atoms with van der Waals surface area (Å²) in [6, 6.07) is 6.85. The minimum atomic E-state index is -0.508. The van der Waals surface area contributed by atoms with Gasteiger partial charge in [0.25, 0.3) is 0 Å². The summed E-state index contributed by atoms with van der Waals surface area (Å²) in [5, 5.41) is 0. The van der Waals surface area contributed by atoms with Crippen LogP contribution < -0.4 is 0 Å². The highest BCUT2D eigenvalue weighted by Gasteiger charge is 2.20. The molecule has 0 bridgehead atoms. The highest BCUT2D eigenvalue weighted by Crippen LogP contribution is 2.23. The van der Waals surface area contributed by atoms with Crippen LogP contribution >= 0.6 is 0 Å². The van der Waals surface area contributed by atoms with Crippen molar-refractivity contribution in [2.24, 2.45) is 0 Å². The van der Waals surface area contributed by atoms with Crippen LogP contribution in [0.25, 0.3) is 22.2 Å². The predicted octanol–water partition coefficient (Wildman–Crippen LogP) is 2.47. The molecular formula is C17H15FN4O. The van der Waals surface area contributed by atoms with Gasteiger partial charge in [0.15, 0.2) is 0 Å². The molecule has 1 amide bonds. The highest BCUT2D eigenvalue weighted by atomic mass is 19.1. The summed E-state index contributed by atoms with van der Waals surface area (Å²) in [5.74, 6) is -0.381. The summed E-state index contributed by atoms with van der Waals surface area (Å²) in [6.07, 6.45) is 6.18. The molecule has 1 saturated heterocycles. The molecular weight excluding hydrogens is 295 g/mol. The number of aromatic nitrogens is 3. The van der Waals surface area contributed by atoms with Crippen molar-refractivity contribution >= 4 is 16.9 Å². The Kier molecular flexibility index (Phi) is 3.29. The second kappa shape index (κ2) is 5.46. The number of likely N-dealkylation sites (tertiary alicyclic amines) is 1. The zero-order valence-corrected chi connectivity index (χ0v) is 12.4. The van der Waals surface area contributed by atoms with E-state index in [1.807, 2.05) is 27.8 Å². The van der Waals surface area contributed by atoms with Crippen LogP contribution in [0.4, 0.5) is 4.39 Å². The molecule has 3 aromatic heterocycles. The Morgan fingerprint density at radius 3 is 2.65 bits per heavy atom. The summed E-state index contributed by atoms with van der Waals surface area (Å²) < 4.78 is 14.9. The number of halogens is 1. The quantitative estimate of drug-likeness (QED) is 0.698. The van der Waals surface area contributed by atoms with Crippen molar-refractivity contribution in [2.45, 2.75) is 13.0 Å². The van der Waals surface area contributed by atoms with Crippen molar-refractivity contribution in [3.8, 4) is 11.1 Å². The molecule has 0 radical (unpaired) electrons. The number of rotatable bonds is 3. The maximum atomic E-state index is 13.0. The van der Waals surface area contributed by atoms with Crippen LogP contribution in [0.1, 0.15) is 6.42 Å². The summed E-state index contributed by atoms with van der Waals surface area (Å²) in [7, 11) is 0. The predicted molar refractivity (Wildman–Crippen MR) is 84.1 cm³/mol. The van der Waals surface area contributed by atoms with Crippen LogP contribution in [0.5, 0.6) is 0 Å². The Labute approximate surface area is 132 Å². The van der Waals surface area contributed by atoms with Crippen LogP contribution in [-0.2, 0) is 11.3 Å². The van der Waals surface area contributed by atoms with Crippen LogP contribution in [0.2, 0.25) is 0 Å². The van der Waals surface area contributed by atoms with E-state index in [9.17, 15) is 9.18 Å². The van der Waals surface area contributed by atoms with E-state index in [2.05, 4.69) is 9.97 Å². The van der Waals surface area contributed by atoms with Gasteiger partial charge in [-0.05, 0) is 30.7 Å². The largest absolute Gasteiger partial charge is 0.341 e. The first-order valence-corrected chi connectivity index (χ1v) is 7.55. The first-order valence-electron chi connectivity index (χ1n) is 7.55. The van der Waals surface area contributed by atoms with Gasteiger partial charge in [0.05, 0.1) is 11.0 Å². The molecule has 4 heterocycles. The number of carbonyl (C=O) groups excluding carboxylic acids is 1. The fraction of sp³-hybridized carbons (Fsp3) is 0.235. The molecule has 1 aliphatic heterocycles. The van der Waals surface area contributed by atoms with Crippen molar-refractivity contribution in [1.29, 1.82) is 0 Å². The van der Waals surface area contributed by atoms with Gasteiger partial charge in [0, 0.05) is 42.8 Å². The second-order valence-corrected chi connectivity index (χ2v) is 5.68. The molecule has 1 aliphatic rings. The Hall–Kier alpha value is -2.76. The average molecular weight is 310 g/mol. The third kappa shape index (κ3) is 2.56. The van der Waals surface area contributed by atoms with Crippen LogP contribution in [-0.4, -0.2) is 38.4 Å². The summed E-state index contributed by atoms with van der Waals surface area (Å²) in [4.78, 5) is 22.1. The topological polar surface area (TPSA) is 51.0 Å². The van der Waals surface area contributed by atoms with Gasteiger partial charge in [-0.25, -0.2) is 4.98 Å². The summed E-state index contributed by atoms with van der Waals surface area (Å²) in [6.45, 7) is 2.02. The van der Waals surface area contributed by atoms with Crippen LogP contribution in [0, 0.1) is 5.95 Å². The molecule has 0 spiro atoms. The third-order valence-electron chi connectivity index (χ3n) is 4.19. The molecule has 0 saturated carbocycles. The van der Waals surface area contributed by atoms with Crippen molar-refractivity contribution in [2.75, 3.05) is 13.1 Å². The molecule has 0 N–H and O–H groups in total. The van der Waals surface area contributed by atoms with E-state index in [1.165, 1.54) is 12.3 Å². The number of carbonyl (C=O) groups is 1. The molecule has 1 fully saturated rings. The maximum absolute atomic E-state index is 13.0. The van der Waals surface area contributed by atoms with E-state index in [0.29, 0.717) is 6.54 Å². The van der Waals surface area contributed by atoms with Crippen molar-refractivity contribution in [3.63, 3.8) is 0 Å². The maximum Gasteiger partial charge on any atom is 0.242 e. The Bertz CT molecular complexity index is 868. The van der Waals surface area contributed by atoms with Gasteiger partial charge >= 0.3 is 0 Å². The zero-order valence-electron chi connectivity index (χ0n) is 12.4. The lowest BCUT2D eigenvalue weighted by Crippen LogP contribution is -2.43. The van der Waals surface area contributed by atoms with Gasteiger partial charge in [-0.3, -0.25) is 9.78 Å². The van der Waals surface area contributed by atoms with E-state index in [0.717, 1.165) is 41.7 Å². The Morgan fingerprint density at radius 1 is 1.13 bits per heavy atom. The van der Waals surface area contributed by atoms with Gasteiger partial charge in [-0.2, -0.15) is 4.39 Å². The van der Waals surface area contributed by atoms with Crippen LogP contribution in [0.3, 0.4) is 0 Å². The standard InChI is InChI=1S/C17H15FN4O/c18-16-3-2-12(9-20-16)13-8-15-14(19-10-13)4-7-22(15)11-17(23)21-5-1-6-21/h2-4,7-10H,1,5-6,11H2. The molecule has 0 unspecified atom stereocenters. The van der Waals surface area contributed by atoms with Crippen LogP contribution in [0.15, 0.2) is 42.9 Å². The first-order chi connectivity index (χ1) is 11.2. The zero-order chi connectivity index (χ0) is 15.8. The minimum absolute atomic E-state index is 0.127. The number of hydrogen-bond acceptors (Lipinski definition) is 3. The highest BCUT2D eigenvalue weighted by molar-refractivity contribution is 5.84. The Balaban J connectivity index is 1.68. The summed E-state index contributed by atoms with van der Waals surface area (Å²) >= 11 is 0. The van der Waals surface area contributed by atoms with Gasteiger partial charge in [-0.15, -0.1) is 0 Å². The van der Waals surface area contributed by atoms with Crippen molar-refractivity contribution in [3.05, 3.63) is 48.8 Å². The monoisotopic (exact) mass is 310 g/mol. The number of hydrogen-bond donors (Lipinski definition) is 0. The molecule has 0 atom stereocenters. The third-order valence-corrected chi connectivity index (χ3v) is 4.19. The lowest BCUT2D eigenvalue weighted by atomic mass is 10.1. The average Bonchev–Trinajstić information content (AvgIpc) is 2.88. The smallest absolute Gasteiger partial charge is 0.242 e. The molecule has 5 nitrogen and oxygen atoms in total. The normalized spacial score (nSPS) is 14.0. The fourth-order valence-corrected chi connectivity index (χ4v) is 2.72. The van der Waals surface area contributed by atoms with E-state index in [1.54, 1.807) is 12.3 Å². The number of pyridine rings is 2.